The summed E-state index contributed by atoms with van der Waals surface area (Å²) in [5, 5.41) is 0. The van der Waals surface area contributed by atoms with Crippen LogP contribution in [0, 0.1) is 6.92 Å². The van der Waals surface area contributed by atoms with E-state index in [0.717, 1.165) is 0 Å². The summed E-state index contributed by atoms with van der Waals surface area (Å²) >= 11 is 0. The van der Waals surface area contributed by atoms with Gasteiger partial charge in [0, 0.05) is 5.56 Å². The lowest BCUT2D eigenvalue weighted by molar-refractivity contribution is 0.411. The van der Waals surface area contributed by atoms with Crippen LogP contribution in [0.1, 0.15) is 5.56 Å². The fourth-order valence-electron chi connectivity index (χ4n) is 0.849. The normalized spacial score (nSPS) is 9.27. The van der Waals surface area contributed by atoms with E-state index in [1.807, 2.05) is 6.07 Å². The van der Waals surface area contributed by atoms with E-state index in [0.29, 0.717) is 11.3 Å². The average molecular weight is 150 g/mol. The Kier molecular flexibility index (Phi) is 2.26. The van der Waals surface area contributed by atoms with E-state index in [1.165, 1.54) is 7.11 Å². The third-order valence-corrected chi connectivity index (χ3v) is 1.51. The molecule has 0 unspecified atom stereocenters. The second kappa shape index (κ2) is 3.19. The maximum atomic E-state index is 11.3. The number of methoxy groups -OCH3 is 1. The first-order valence-electron chi connectivity index (χ1n) is 3.39. The number of hydrogen-bond acceptors (Lipinski definition) is 2. The first-order valence-corrected chi connectivity index (χ1v) is 3.39. The summed E-state index contributed by atoms with van der Waals surface area (Å²) in [6.07, 6.45) is 0. The minimum Gasteiger partial charge on any atom is -0.493 e. The third-order valence-electron chi connectivity index (χ3n) is 1.51. The molecule has 0 saturated heterocycles. The number of ether oxygens (including phenoxy) is 1. The third kappa shape index (κ3) is 1.58. The lowest BCUT2D eigenvalue weighted by Crippen LogP contribution is -2.04. The zero-order chi connectivity index (χ0) is 8.27. The Morgan fingerprint density at radius 3 is 2.55 bits per heavy atom. The van der Waals surface area contributed by atoms with Crippen molar-refractivity contribution in [2.24, 2.45) is 0 Å². The molecule has 0 heterocycles. The van der Waals surface area contributed by atoms with Crippen LogP contribution >= 0.6 is 0 Å². The molecule has 58 valence electrons. The molecule has 1 rings (SSSR count). The molecule has 0 bridgehead atoms. The smallest absolute Gasteiger partial charge is 0.223 e. The molecule has 0 aromatic heterocycles. The molecule has 2 nitrogen and oxygen atoms in total. The molecule has 1 aromatic carbocycles. The highest BCUT2D eigenvalue weighted by Gasteiger charge is 1.96. The zero-order valence-electron chi connectivity index (χ0n) is 6.63. The minimum atomic E-state index is -0.0440. The van der Waals surface area contributed by atoms with E-state index in [1.54, 1.807) is 25.1 Å². The summed E-state index contributed by atoms with van der Waals surface area (Å²) in [6, 6.07) is 7.03. The maximum absolute atomic E-state index is 11.3. The Hall–Kier alpha value is -1.31. The Labute approximate surface area is 65.4 Å². The molecule has 0 aliphatic carbocycles. The largest absolute Gasteiger partial charge is 0.493 e. The SMILES string of the molecule is COc1ccccc(C)c1=O. The van der Waals surface area contributed by atoms with Crippen molar-refractivity contribution in [1.29, 1.82) is 0 Å². The maximum Gasteiger partial charge on any atom is 0.223 e. The molecular formula is C9H10O2. The van der Waals surface area contributed by atoms with Crippen molar-refractivity contribution in [2.45, 2.75) is 6.92 Å². The Morgan fingerprint density at radius 1 is 1.27 bits per heavy atom. The molecule has 0 aliphatic heterocycles. The van der Waals surface area contributed by atoms with Crippen LogP contribution < -0.4 is 10.2 Å². The molecule has 11 heavy (non-hydrogen) atoms. The Morgan fingerprint density at radius 2 is 1.91 bits per heavy atom. The van der Waals surface area contributed by atoms with E-state index < -0.39 is 0 Å². The summed E-state index contributed by atoms with van der Waals surface area (Å²) < 4.78 is 4.87. The van der Waals surface area contributed by atoms with Crippen molar-refractivity contribution in [1.82, 2.24) is 0 Å². The lowest BCUT2D eigenvalue weighted by atomic mass is 10.3. The van der Waals surface area contributed by atoms with Gasteiger partial charge >= 0.3 is 0 Å². The van der Waals surface area contributed by atoms with Gasteiger partial charge in [0.15, 0.2) is 5.75 Å². The first-order chi connectivity index (χ1) is 5.25. The van der Waals surface area contributed by atoms with Crippen LogP contribution in [0.5, 0.6) is 5.75 Å². The number of rotatable bonds is 1. The van der Waals surface area contributed by atoms with Crippen molar-refractivity contribution in [2.75, 3.05) is 7.11 Å². The van der Waals surface area contributed by atoms with Gasteiger partial charge in [-0.3, -0.25) is 4.79 Å². The fraction of sp³-hybridized carbons (Fsp3) is 0.222. The van der Waals surface area contributed by atoms with Crippen molar-refractivity contribution in [3.63, 3.8) is 0 Å². The average Bonchev–Trinajstić information content (AvgIpc) is 2.16. The van der Waals surface area contributed by atoms with Crippen molar-refractivity contribution < 1.29 is 4.74 Å². The predicted octanol–water partition coefficient (Wildman–Crippen LogP) is 1.36. The molecule has 0 N–H and O–H groups in total. The molecule has 0 amide bonds. The highest BCUT2D eigenvalue weighted by atomic mass is 16.5. The zero-order valence-corrected chi connectivity index (χ0v) is 6.63. The van der Waals surface area contributed by atoms with E-state index in [9.17, 15) is 4.79 Å². The molecule has 0 fully saturated rings. The molecule has 0 saturated carbocycles. The monoisotopic (exact) mass is 150 g/mol. The number of hydrogen-bond donors (Lipinski definition) is 0. The summed E-state index contributed by atoms with van der Waals surface area (Å²) in [6.45, 7) is 1.77. The molecule has 0 aliphatic rings. The van der Waals surface area contributed by atoms with Gasteiger partial charge in [-0.05, 0) is 13.0 Å². The molecule has 0 spiro atoms. The van der Waals surface area contributed by atoms with Crippen LogP contribution in [0.2, 0.25) is 0 Å². The molecule has 2 heteroatoms. The first kappa shape index (κ1) is 7.79. The van der Waals surface area contributed by atoms with Crippen LogP contribution in [-0.4, -0.2) is 7.11 Å². The number of aryl methyl sites for hydroxylation is 1. The Bertz CT molecular complexity index is 305. The van der Waals surface area contributed by atoms with Crippen LogP contribution in [0.15, 0.2) is 29.1 Å². The standard InChI is InChI=1S/C9H10O2/c1-7-5-3-4-6-8(11-2)9(7)10/h3-6H,1-2H3. The predicted molar refractivity (Wildman–Crippen MR) is 44.0 cm³/mol. The van der Waals surface area contributed by atoms with Crippen LogP contribution in [0.3, 0.4) is 0 Å². The topological polar surface area (TPSA) is 26.3 Å². The van der Waals surface area contributed by atoms with E-state index >= 15 is 0 Å². The Balaban J connectivity index is 3.42. The van der Waals surface area contributed by atoms with Gasteiger partial charge in [-0.1, -0.05) is 18.2 Å². The molecule has 0 atom stereocenters. The van der Waals surface area contributed by atoms with Gasteiger partial charge in [-0.15, -0.1) is 0 Å². The highest BCUT2D eigenvalue weighted by molar-refractivity contribution is 5.25. The van der Waals surface area contributed by atoms with Gasteiger partial charge in [0.1, 0.15) is 0 Å². The second-order valence-electron chi connectivity index (χ2n) is 2.30. The quantitative estimate of drug-likeness (QED) is 0.604. The highest BCUT2D eigenvalue weighted by Crippen LogP contribution is 2.00. The van der Waals surface area contributed by atoms with Gasteiger partial charge in [-0.25, -0.2) is 0 Å². The van der Waals surface area contributed by atoms with Gasteiger partial charge < -0.3 is 4.74 Å². The van der Waals surface area contributed by atoms with Gasteiger partial charge in [0.2, 0.25) is 5.43 Å². The van der Waals surface area contributed by atoms with Gasteiger partial charge in [0.25, 0.3) is 0 Å². The molecular weight excluding hydrogens is 140 g/mol. The van der Waals surface area contributed by atoms with E-state index in [-0.39, 0.29) is 5.43 Å². The van der Waals surface area contributed by atoms with E-state index in [2.05, 4.69) is 0 Å². The minimum absolute atomic E-state index is 0.0440. The van der Waals surface area contributed by atoms with Crippen LogP contribution in [0.4, 0.5) is 0 Å². The van der Waals surface area contributed by atoms with Gasteiger partial charge in [0.05, 0.1) is 7.11 Å². The summed E-state index contributed by atoms with van der Waals surface area (Å²) in [5.74, 6) is 0.396. The van der Waals surface area contributed by atoms with Crippen molar-refractivity contribution >= 4 is 0 Å². The van der Waals surface area contributed by atoms with Crippen LogP contribution in [0.25, 0.3) is 0 Å². The van der Waals surface area contributed by atoms with E-state index in [4.69, 9.17) is 4.74 Å². The van der Waals surface area contributed by atoms with Crippen LogP contribution in [-0.2, 0) is 0 Å². The van der Waals surface area contributed by atoms with Crippen molar-refractivity contribution in [3.8, 4) is 5.75 Å². The lowest BCUT2D eigenvalue weighted by Gasteiger charge is -1.91. The molecule has 0 radical (unpaired) electrons. The molecule has 1 aromatic rings. The fourth-order valence-corrected chi connectivity index (χ4v) is 0.849. The van der Waals surface area contributed by atoms with Crippen molar-refractivity contribution in [3.05, 3.63) is 40.1 Å². The second-order valence-corrected chi connectivity index (χ2v) is 2.30. The van der Waals surface area contributed by atoms with Gasteiger partial charge in [-0.2, -0.15) is 0 Å². The summed E-state index contributed by atoms with van der Waals surface area (Å²) in [4.78, 5) is 11.3. The summed E-state index contributed by atoms with van der Waals surface area (Å²) in [7, 11) is 1.50. The summed E-state index contributed by atoms with van der Waals surface area (Å²) in [5.41, 5.74) is 0.657.